The number of furan rings is 1. The molecule has 1 aromatic heterocycles. The SMILES string of the molecule is C[C@H](NCCC(=O)N(C)C)c1ccco1. The van der Waals surface area contributed by atoms with E-state index in [1.54, 1.807) is 25.3 Å². The van der Waals surface area contributed by atoms with Gasteiger partial charge in [0.05, 0.1) is 12.3 Å². The summed E-state index contributed by atoms with van der Waals surface area (Å²) >= 11 is 0. The first kappa shape index (κ1) is 11.8. The third-order valence-electron chi connectivity index (χ3n) is 2.26. The molecule has 0 spiro atoms. The van der Waals surface area contributed by atoms with Crippen LogP contribution in [-0.4, -0.2) is 31.4 Å². The summed E-state index contributed by atoms with van der Waals surface area (Å²) in [5, 5.41) is 3.23. The van der Waals surface area contributed by atoms with Crippen molar-refractivity contribution in [2.24, 2.45) is 0 Å². The lowest BCUT2D eigenvalue weighted by molar-refractivity contribution is -0.128. The zero-order valence-corrected chi connectivity index (χ0v) is 9.49. The lowest BCUT2D eigenvalue weighted by Gasteiger charge is -2.13. The van der Waals surface area contributed by atoms with E-state index in [1.807, 2.05) is 19.1 Å². The molecule has 0 aliphatic carbocycles. The summed E-state index contributed by atoms with van der Waals surface area (Å²) in [5.41, 5.74) is 0. The van der Waals surface area contributed by atoms with Crippen LogP contribution in [0, 0.1) is 0 Å². The molecule has 1 N–H and O–H groups in total. The molecule has 1 aromatic rings. The number of hydrogen-bond donors (Lipinski definition) is 1. The number of rotatable bonds is 5. The Morgan fingerprint density at radius 1 is 1.60 bits per heavy atom. The first-order chi connectivity index (χ1) is 7.11. The standard InChI is InChI=1S/C11H18N2O2/c1-9(10-5-4-8-15-10)12-7-6-11(14)13(2)3/h4-5,8-9,12H,6-7H2,1-3H3/t9-/m0/s1. The van der Waals surface area contributed by atoms with Crippen molar-refractivity contribution < 1.29 is 9.21 Å². The van der Waals surface area contributed by atoms with Crippen LogP contribution in [0.4, 0.5) is 0 Å². The minimum atomic E-state index is 0.133. The fraction of sp³-hybridized carbons (Fsp3) is 0.545. The lowest BCUT2D eigenvalue weighted by Crippen LogP contribution is -2.27. The minimum Gasteiger partial charge on any atom is -0.468 e. The average Bonchev–Trinajstić information content (AvgIpc) is 2.70. The summed E-state index contributed by atoms with van der Waals surface area (Å²) in [6.07, 6.45) is 2.16. The molecule has 4 heteroatoms. The number of amides is 1. The van der Waals surface area contributed by atoms with Crippen LogP contribution >= 0.6 is 0 Å². The van der Waals surface area contributed by atoms with Gasteiger partial charge in [0.15, 0.2) is 0 Å². The van der Waals surface area contributed by atoms with Crippen molar-refractivity contribution in [1.29, 1.82) is 0 Å². The molecule has 1 atom stereocenters. The second kappa shape index (κ2) is 5.56. The molecule has 0 saturated carbocycles. The van der Waals surface area contributed by atoms with Crippen molar-refractivity contribution in [3.63, 3.8) is 0 Å². The molecule has 1 heterocycles. The molecule has 15 heavy (non-hydrogen) atoms. The van der Waals surface area contributed by atoms with Gasteiger partial charge in [-0.05, 0) is 19.1 Å². The van der Waals surface area contributed by atoms with Crippen molar-refractivity contribution >= 4 is 5.91 Å². The van der Waals surface area contributed by atoms with Gasteiger partial charge in [-0.3, -0.25) is 4.79 Å². The highest BCUT2D eigenvalue weighted by molar-refractivity contribution is 5.75. The molecule has 84 valence electrons. The van der Waals surface area contributed by atoms with E-state index in [0.29, 0.717) is 13.0 Å². The number of hydrogen-bond acceptors (Lipinski definition) is 3. The number of carbonyl (C=O) groups excluding carboxylic acids is 1. The third-order valence-corrected chi connectivity index (χ3v) is 2.26. The topological polar surface area (TPSA) is 45.5 Å². The predicted octanol–water partition coefficient (Wildman–Crippen LogP) is 1.41. The van der Waals surface area contributed by atoms with Crippen molar-refractivity contribution in [2.45, 2.75) is 19.4 Å². The van der Waals surface area contributed by atoms with E-state index >= 15 is 0 Å². The number of nitrogens with one attached hydrogen (secondary N) is 1. The van der Waals surface area contributed by atoms with Crippen molar-refractivity contribution in [1.82, 2.24) is 10.2 Å². The van der Waals surface area contributed by atoms with Gasteiger partial charge in [0, 0.05) is 27.1 Å². The van der Waals surface area contributed by atoms with Gasteiger partial charge in [-0.25, -0.2) is 0 Å². The normalized spacial score (nSPS) is 12.5. The number of carbonyl (C=O) groups is 1. The minimum absolute atomic E-state index is 0.133. The smallest absolute Gasteiger partial charge is 0.223 e. The van der Waals surface area contributed by atoms with Crippen LogP contribution in [0.25, 0.3) is 0 Å². The summed E-state index contributed by atoms with van der Waals surface area (Å²) in [6.45, 7) is 2.68. The summed E-state index contributed by atoms with van der Waals surface area (Å²) in [6, 6.07) is 3.93. The molecular formula is C11H18N2O2. The van der Waals surface area contributed by atoms with E-state index in [4.69, 9.17) is 4.42 Å². The largest absolute Gasteiger partial charge is 0.468 e. The van der Waals surface area contributed by atoms with Gasteiger partial charge in [-0.15, -0.1) is 0 Å². The molecule has 1 amide bonds. The quantitative estimate of drug-likeness (QED) is 0.799. The summed E-state index contributed by atoms with van der Waals surface area (Å²) < 4.78 is 5.24. The van der Waals surface area contributed by atoms with Crippen LogP contribution in [0.15, 0.2) is 22.8 Å². The number of nitrogens with zero attached hydrogens (tertiary/aromatic N) is 1. The third kappa shape index (κ3) is 3.75. The lowest BCUT2D eigenvalue weighted by atomic mass is 10.2. The van der Waals surface area contributed by atoms with Gasteiger partial charge in [0.1, 0.15) is 5.76 Å². The molecule has 1 rings (SSSR count). The first-order valence-electron chi connectivity index (χ1n) is 5.08. The maximum atomic E-state index is 11.3. The monoisotopic (exact) mass is 210 g/mol. The van der Waals surface area contributed by atoms with Gasteiger partial charge >= 0.3 is 0 Å². The van der Waals surface area contributed by atoms with Gasteiger partial charge in [0.2, 0.25) is 5.91 Å². The van der Waals surface area contributed by atoms with Crippen LogP contribution in [-0.2, 0) is 4.79 Å². The van der Waals surface area contributed by atoms with Crippen molar-refractivity contribution in [2.75, 3.05) is 20.6 Å². The van der Waals surface area contributed by atoms with Crippen molar-refractivity contribution in [3.8, 4) is 0 Å². The van der Waals surface area contributed by atoms with Crippen LogP contribution < -0.4 is 5.32 Å². The van der Waals surface area contributed by atoms with Gasteiger partial charge in [0.25, 0.3) is 0 Å². The Labute approximate surface area is 90.3 Å². The van der Waals surface area contributed by atoms with E-state index in [2.05, 4.69) is 5.32 Å². The first-order valence-corrected chi connectivity index (χ1v) is 5.08. The van der Waals surface area contributed by atoms with Crippen LogP contribution in [0.5, 0.6) is 0 Å². The van der Waals surface area contributed by atoms with E-state index in [0.717, 1.165) is 5.76 Å². The van der Waals surface area contributed by atoms with E-state index in [1.165, 1.54) is 0 Å². The Bertz CT molecular complexity index is 294. The Morgan fingerprint density at radius 3 is 2.87 bits per heavy atom. The molecule has 0 aliphatic heterocycles. The fourth-order valence-corrected chi connectivity index (χ4v) is 1.26. The maximum absolute atomic E-state index is 11.3. The second-order valence-electron chi connectivity index (χ2n) is 3.73. The van der Waals surface area contributed by atoms with E-state index in [-0.39, 0.29) is 11.9 Å². The highest BCUT2D eigenvalue weighted by Gasteiger charge is 2.08. The zero-order chi connectivity index (χ0) is 11.3. The summed E-state index contributed by atoms with van der Waals surface area (Å²) in [7, 11) is 3.52. The molecule has 0 aromatic carbocycles. The molecule has 0 saturated heterocycles. The van der Waals surface area contributed by atoms with Crippen LogP contribution in [0.1, 0.15) is 25.1 Å². The van der Waals surface area contributed by atoms with Gasteiger partial charge < -0.3 is 14.6 Å². The Kier molecular flexibility index (Phi) is 4.37. The Morgan fingerprint density at radius 2 is 2.33 bits per heavy atom. The highest BCUT2D eigenvalue weighted by atomic mass is 16.3. The van der Waals surface area contributed by atoms with Crippen LogP contribution in [0.3, 0.4) is 0 Å². The Balaban J connectivity index is 2.24. The molecule has 0 bridgehead atoms. The molecule has 0 fully saturated rings. The van der Waals surface area contributed by atoms with E-state index in [9.17, 15) is 4.79 Å². The zero-order valence-electron chi connectivity index (χ0n) is 9.49. The predicted molar refractivity (Wildman–Crippen MR) is 58.4 cm³/mol. The van der Waals surface area contributed by atoms with Gasteiger partial charge in [-0.2, -0.15) is 0 Å². The molecule has 4 nitrogen and oxygen atoms in total. The molecular weight excluding hydrogens is 192 g/mol. The highest BCUT2D eigenvalue weighted by Crippen LogP contribution is 2.11. The fourth-order valence-electron chi connectivity index (χ4n) is 1.26. The maximum Gasteiger partial charge on any atom is 0.223 e. The van der Waals surface area contributed by atoms with Crippen molar-refractivity contribution in [3.05, 3.63) is 24.2 Å². The van der Waals surface area contributed by atoms with Gasteiger partial charge in [-0.1, -0.05) is 0 Å². The van der Waals surface area contributed by atoms with Crippen LogP contribution in [0.2, 0.25) is 0 Å². The second-order valence-corrected chi connectivity index (χ2v) is 3.73. The Hall–Kier alpha value is -1.29. The molecule has 0 aliphatic rings. The average molecular weight is 210 g/mol. The van der Waals surface area contributed by atoms with E-state index < -0.39 is 0 Å². The summed E-state index contributed by atoms with van der Waals surface area (Å²) in [5.74, 6) is 1.03. The summed E-state index contributed by atoms with van der Waals surface area (Å²) in [4.78, 5) is 12.9. The molecule has 0 radical (unpaired) electrons. The molecule has 0 unspecified atom stereocenters.